The third-order valence-electron chi connectivity index (χ3n) is 4.39. The van der Waals surface area contributed by atoms with Crippen LogP contribution in [0, 0.1) is 5.92 Å². The van der Waals surface area contributed by atoms with Crippen LogP contribution in [-0.4, -0.2) is 41.8 Å². The van der Waals surface area contributed by atoms with E-state index in [1.54, 1.807) is 0 Å². The Balaban J connectivity index is 2.97. The number of nitrogens with two attached hydrogens (primary N) is 2. The summed E-state index contributed by atoms with van der Waals surface area (Å²) >= 11 is 0. The highest BCUT2D eigenvalue weighted by atomic mass is 16.5. The van der Waals surface area contributed by atoms with Crippen LogP contribution in [-0.2, 0) is 19.1 Å². The summed E-state index contributed by atoms with van der Waals surface area (Å²) in [6.45, 7) is 3.91. The first-order valence-electron chi connectivity index (χ1n) is 8.52. The summed E-state index contributed by atoms with van der Waals surface area (Å²) < 4.78 is 5.27. The van der Waals surface area contributed by atoms with Gasteiger partial charge >= 0.3 is 0 Å². The number of rotatable bonds is 10. The van der Waals surface area contributed by atoms with Gasteiger partial charge in [0.2, 0.25) is 11.8 Å². The van der Waals surface area contributed by atoms with Crippen molar-refractivity contribution in [1.82, 2.24) is 4.90 Å². The Hall–Kier alpha value is -1.89. The zero-order chi connectivity index (χ0) is 18.3. The van der Waals surface area contributed by atoms with Gasteiger partial charge in [0, 0.05) is 24.5 Å². The van der Waals surface area contributed by atoms with Crippen molar-refractivity contribution in [2.45, 2.75) is 64.5 Å². The topological polar surface area (TPSA) is 116 Å². The zero-order valence-corrected chi connectivity index (χ0v) is 14.8. The summed E-state index contributed by atoms with van der Waals surface area (Å²) in [5.74, 6) is -1.05. The van der Waals surface area contributed by atoms with Crippen molar-refractivity contribution in [1.29, 1.82) is 0 Å². The molecule has 0 saturated carbocycles. The monoisotopic (exact) mass is 339 g/mol. The fraction of sp³-hybridized carbons (Fsp3) is 0.706. The summed E-state index contributed by atoms with van der Waals surface area (Å²) in [5, 5.41) is 0. The summed E-state index contributed by atoms with van der Waals surface area (Å²) in [5.41, 5.74) is 11.2. The molecule has 0 spiro atoms. The Bertz CT molecular complexity index is 504. The van der Waals surface area contributed by atoms with Gasteiger partial charge in [0.1, 0.15) is 5.76 Å². The van der Waals surface area contributed by atoms with Crippen molar-refractivity contribution in [2.24, 2.45) is 17.4 Å². The molecule has 1 rings (SSSR count). The molecule has 7 heteroatoms. The van der Waals surface area contributed by atoms with E-state index in [0.29, 0.717) is 25.0 Å². The van der Waals surface area contributed by atoms with Gasteiger partial charge in [-0.3, -0.25) is 19.3 Å². The van der Waals surface area contributed by atoms with Crippen LogP contribution in [0.3, 0.4) is 0 Å². The second-order valence-electron chi connectivity index (χ2n) is 6.21. The lowest BCUT2D eigenvalue weighted by molar-refractivity contribution is -0.146. The average molecular weight is 339 g/mol. The summed E-state index contributed by atoms with van der Waals surface area (Å²) in [6.07, 6.45) is 4.41. The van der Waals surface area contributed by atoms with Crippen LogP contribution in [0.1, 0.15) is 52.4 Å². The van der Waals surface area contributed by atoms with Crippen LogP contribution >= 0.6 is 0 Å². The largest absolute Gasteiger partial charge is 0.499 e. The van der Waals surface area contributed by atoms with Gasteiger partial charge in [0.15, 0.2) is 0 Å². The highest BCUT2D eigenvalue weighted by Gasteiger charge is 2.41. The lowest BCUT2D eigenvalue weighted by atomic mass is 9.94. The number of carbonyl (C=O) groups excluding carboxylic acids is 3. The van der Waals surface area contributed by atoms with E-state index in [0.717, 1.165) is 12.8 Å². The molecule has 0 fully saturated rings. The van der Waals surface area contributed by atoms with Crippen LogP contribution < -0.4 is 11.5 Å². The van der Waals surface area contributed by atoms with Gasteiger partial charge in [-0.1, -0.05) is 20.3 Å². The molecule has 3 atom stereocenters. The van der Waals surface area contributed by atoms with Crippen LogP contribution in [0.25, 0.3) is 0 Å². The fourth-order valence-corrected chi connectivity index (χ4v) is 2.95. The number of amides is 3. The molecule has 1 aliphatic heterocycles. The third kappa shape index (κ3) is 5.06. The number of carbonyl (C=O) groups is 3. The second-order valence-corrected chi connectivity index (χ2v) is 6.21. The molecule has 0 saturated heterocycles. The summed E-state index contributed by atoms with van der Waals surface area (Å²) in [6, 6.07) is -0.608. The minimum absolute atomic E-state index is 0.127. The number of ether oxygens (including phenoxy) is 1. The molecule has 7 nitrogen and oxygen atoms in total. The lowest BCUT2D eigenvalue weighted by Crippen LogP contribution is -2.46. The number of hydrogen-bond acceptors (Lipinski definition) is 5. The maximum atomic E-state index is 12.9. The minimum Gasteiger partial charge on any atom is -0.499 e. The molecular weight excluding hydrogens is 310 g/mol. The van der Waals surface area contributed by atoms with E-state index in [4.69, 9.17) is 16.2 Å². The number of imide groups is 1. The minimum atomic E-state index is -0.474. The lowest BCUT2D eigenvalue weighted by Gasteiger charge is -2.29. The predicted molar refractivity (Wildman–Crippen MR) is 90.4 cm³/mol. The molecule has 0 aromatic rings. The zero-order valence-electron chi connectivity index (χ0n) is 14.8. The van der Waals surface area contributed by atoms with E-state index in [1.807, 2.05) is 13.8 Å². The highest BCUT2D eigenvalue weighted by Crippen LogP contribution is 2.28. The summed E-state index contributed by atoms with van der Waals surface area (Å²) in [7, 11) is 1.48. The normalized spacial score (nSPS) is 19.8. The maximum Gasteiger partial charge on any atom is 0.257 e. The molecule has 0 aliphatic carbocycles. The van der Waals surface area contributed by atoms with Crippen molar-refractivity contribution in [2.75, 3.05) is 7.11 Å². The molecule has 4 N–H and O–H groups in total. The molecule has 0 aromatic heterocycles. The van der Waals surface area contributed by atoms with Gasteiger partial charge < -0.3 is 16.2 Å². The molecule has 3 unspecified atom stereocenters. The van der Waals surface area contributed by atoms with Crippen LogP contribution in [0.4, 0.5) is 0 Å². The SMILES string of the molecule is CCCC(CCC(N)=O)C(=O)N1C(=O)C=C(OC)C1CC(N)CC. The molecule has 24 heavy (non-hydrogen) atoms. The van der Waals surface area contributed by atoms with Crippen molar-refractivity contribution in [3.8, 4) is 0 Å². The van der Waals surface area contributed by atoms with E-state index < -0.39 is 17.9 Å². The molecule has 1 heterocycles. The standard InChI is InChI=1S/C17H29N3O4/c1-4-6-11(7-8-15(19)21)17(23)20-13(9-12(18)5-2)14(24-3)10-16(20)22/h10-13H,4-9,18H2,1-3H3,(H2,19,21). The molecule has 3 amide bonds. The van der Waals surface area contributed by atoms with E-state index in [-0.39, 0.29) is 24.3 Å². The van der Waals surface area contributed by atoms with Crippen LogP contribution in [0.15, 0.2) is 11.8 Å². The Labute approximate surface area is 143 Å². The van der Waals surface area contributed by atoms with Gasteiger partial charge in [-0.15, -0.1) is 0 Å². The van der Waals surface area contributed by atoms with Crippen molar-refractivity contribution in [3.05, 3.63) is 11.8 Å². The second kappa shape index (κ2) is 9.42. The predicted octanol–water partition coefficient (Wildman–Crippen LogP) is 1.06. The van der Waals surface area contributed by atoms with Gasteiger partial charge in [-0.2, -0.15) is 0 Å². The van der Waals surface area contributed by atoms with Crippen LogP contribution in [0.5, 0.6) is 0 Å². The average Bonchev–Trinajstić information content (AvgIpc) is 2.85. The Kier molecular flexibility index (Phi) is 7.91. The number of methoxy groups -OCH3 is 1. The molecule has 0 bridgehead atoms. The van der Waals surface area contributed by atoms with Crippen molar-refractivity contribution >= 4 is 17.7 Å². The van der Waals surface area contributed by atoms with Crippen molar-refractivity contribution < 1.29 is 19.1 Å². The number of nitrogens with zero attached hydrogens (tertiary/aromatic N) is 1. The van der Waals surface area contributed by atoms with Gasteiger partial charge in [-0.25, -0.2) is 0 Å². The fourth-order valence-electron chi connectivity index (χ4n) is 2.95. The Morgan fingerprint density at radius 1 is 1.33 bits per heavy atom. The van der Waals surface area contributed by atoms with Gasteiger partial charge in [-0.05, 0) is 25.7 Å². The Morgan fingerprint density at radius 3 is 2.50 bits per heavy atom. The molecule has 0 radical (unpaired) electrons. The first kappa shape index (κ1) is 20.2. The highest BCUT2D eigenvalue weighted by molar-refractivity contribution is 6.04. The van der Waals surface area contributed by atoms with E-state index in [9.17, 15) is 14.4 Å². The van der Waals surface area contributed by atoms with Gasteiger partial charge in [0.05, 0.1) is 13.2 Å². The molecular formula is C17H29N3O4. The quantitative estimate of drug-likeness (QED) is 0.617. The van der Waals surface area contributed by atoms with Crippen molar-refractivity contribution in [3.63, 3.8) is 0 Å². The summed E-state index contributed by atoms with van der Waals surface area (Å²) in [4.78, 5) is 37.5. The smallest absolute Gasteiger partial charge is 0.257 e. The maximum absolute atomic E-state index is 12.9. The number of hydrogen-bond donors (Lipinski definition) is 2. The van der Waals surface area contributed by atoms with E-state index in [1.165, 1.54) is 18.1 Å². The van der Waals surface area contributed by atoms with E-state index in [2.05, 4.69) is 0 Å². The third-order valence-corrected chi connectivity index (χ3v) is 4.39. The molecule has 1 aliphatic rings. The number of primary amides is 1. The van der Waals surface area contributed by atoms with Crippen LogP contribution in [0.2, 0.25) is 0 Å². The van der Waals surface area contributed by atoms with E-state index >= 15 is 0 Å². The Morgan fingerprint density at radius 2 is 2.00 bits per heavy atom. The molecule has 0 aromatic carbocycles. The first-order valence-corrected chi connectivity index (χ1v) is 8.52. The first-order chi connectivity index (χ1) is 11.3. The van der Waals surface area contributed by atoms with Gasteiger partial charge in [0.25, 0.3) is 5.91 Å². The molecule has 136 valence electrons.